The molecule has 0 saturated carbocycles. The van der Waals surface area contributed by atoms with Gasteiger partial charge in [-0.1, -0.05) is 35.9 Å². The summed E-state index contributed by atoms with van der Waals surface area (Å²) in [5, 5.41) is 14.6. The van der Waals surface area contributed by atoms with Gasteiger partial charge in [-0.05, 0) is 30.7 Å². The van der Waals surface area contributed by atoms with E-state index in [0.29, 0.717) is 12.1 Å². The quantitative estimate of drug-likeness (QED) is 0.791. The molecule has 0 aromatic heterocycles. The highest BCUT2D eigenvalue weighted by atomic mass is 32.2. The van der Waals surface area contributed by atoms with Crippen LogP contribution in [-0.4, -0.2) is 18.3 Å². The van der Waals surface area contributed by atoms with Crippen molar-refractivity contribution in [2.45, 2.75) is 12.7 Å². The van der Waals surface area contributed by atoms with E-state index in [1.165, 1.54) is 0 Å². The molecule has 2 N–H and O–H groups in total. The Morgan fingerprint density at radius 3 is 2.65 bits per heavy atom. The van der Waals surface area contributed by atoms with Crippen LogP contribution in [0.1, 0.15) is 16.7 Å². The number of nitriles is 1. The summed E-state index contributed by atoms with van der Waals surface area (Å²) < 4.78 is 0. The van der Waals surface area contributed by atoms with E-state index in [0.717, 1.165) is 28.3 Å². The van der Waals surface area contributed by atoms with Crippen molar-refractivity contribution in [2.24, 2.45) is 0 Å². The maximum atomic E-state index is 11.8. The number of amides is 2. The molecule has 5 heteroatoms. The van der Waals surface area contributed by atoms with Gasteiger partial charge in [-0.2, -0.15) is 17.0 Å². The molecule has 0 aliphatic rings. The second kappa shape index (κ2) is 8.86. The van der Waals surface area contributed by atoms with Gasteiger partial charge in [0.1, 0.15) is 0 Å². The summed E-state index contributed by atoms with van der Waals surface area (Å²) in [7, 11) is 0. The number of hydrogen-bond donors (Lipinski definition) is 2. The Morgan fingerprint density at radius 1 is 1.17 bits per heavy atom. The summed E-state index contributed by atoms with van der Waals surface area (Å²) in [4.78, 5) is 11.8. The minimum absolute atomic E-state index is 0.202. The standard InChI is InChI=1S/C18H19N3OS/c1-14-6-8-17(9-7-14)21-18(22)20-10-11-23-13-16-5-3-2-4-15(16)12-19/h2-9H,10-11,13H2,1H3,(H2,20,21,22). The maximum Gasteiger partial charge on any atom is 0.319 e. The molecule has 0 aliphatic carbocycles. The van der Waals surface area contributed by atoms with E-state index in [9.17, 15) is 4.79 Å². The first-order valence-corrected chi connectivity index (χ1v) is 8.52. The summed E-state index contributed by atoms with van der Waals surface area (Å²) in [6.45, 7) is 2.59. The average molecular weight is 325 g/mol. The van der Waals surface area contributed by atoms with Crippen LogP contribution in [0.3, 0.4) is 0 Å². The number of carbonyl (C=O) groups is 1. The third-order valence-electron chi connectivity index (χ3n) is 3.24. The lowest BCUT2D eigenvalue weighted by molar-refractivity contribution is 0.252. The number of rotatable bonds is 6. The molecule has 118 valence electrons. The van der Waals surface area contributed by atoms with Gasteiger partial charge in [-0.3, -0.25) is 0 Å². The number of benzene rings is 2. The van der Waals surface area contributed by atoms with Crippen molar-refractivity contribution in [1.29, 1.82) is 5.26 Å². The number of anilines is 1. The summed E-state index contributed by atoms with van der Waals surface area (Å²) >= 11 is 1.69. The predicted octanol–water partition coefficient (Wildman–Crippen LogP) is 3.92. The molecule has 2 aromatic carbocycles. The Hall–Kier alpha value is -2.45. The summed E-state index contributed by atoms with van der Waals surface area (Å²) in [5.74, 6) is 1.56. The number of urea groups is 1. The van der Waals surface area contributed by atoms with Crippen LogP contribution in [0.2, 0.25) is 0 Å². The lowest BCUT2D eigenvalue weighted by Gasteiger charge is -2.08. The molecule has 0 fully saturated rings. The van der Waals surface area contributed by atoms with Crippen LogP contribution in [0, 0.1) is 18.3 Å². The largest absolute Gasteiger partial charge is 0.337 e. The number of nitrogens with one attached hydrogen (secondary N) is 2. The number of thioether (sulfide) groups is 1. The molecule has 2 amide bonds. The lowest BCUT2D eigenvalue weighted by atomic mass is 10.1. The fourth-order valence-electron chi connectivity index (χ4n) is 1.99. The molecule has 2 rings (SSSR count). The fourth-order valence-corrected chi connectivity index (χ4v) is 2.85. The summed E-state index contributed by atoms with van der Waals surface area (Å²) in [5.41, 5.74) is 3.68. The summed E-state index contributed by atoms with van der Waals surface area (Å²) in [6.07, 6.45) is 0. The summed E-state index contributed by atoms with van der Waals surface area (Å²) in [6, 6.07) is 17.2. The molecule has 4 nitrogen and oxygen atoms in total. The van der Waals surface area contributed by atoms with Crippen molar-refractivity contribution < 1.29 is 4.79 Å². The molecule has 0 radical (unpaired) electrons. The van der Waals surface area contributed by atoms with Crippen molar-refractivity contribution in [3.05, 3.63) is 65.2 Å². The minimum Gasteiger partial charge on any atom is -0.337 e. The van der Waals surface area contributed by atoms with Gasteiger partial charge in [0.2, 0.25) is 0 Å². The van der Waals surface area contributed by atoms with Crippen LogP contribution in [0.4, 0.5) is 10.5 Å². The molecule has 0 spiro atoms. The number of carbonyl (C=O) groups excluding carboxylic acids is 1. The van der Waals surface area contributed by atoms with Crippen LogP contribution in [0.5, 0.6) is 0 Å². The van der Waals surface area contributed by atoms with Crippen molar-refractivity contribution >= 4 is 23.5 Å². The van der Waals surface area contributed by atoms with Crippen molar-refractivity contribution in [3.8, 4) is 6.07 Å². The Balaban J connectivity index is 1.66. The fraction of sp³-hybridized carbons (Fsp3) is 0.222. The lowest BCUT2D eigenvalue weighted by Crippen LogP contribution is -2.30. The third kappa shape index (κ3) is 5.68. The zero-order valence-corrected chi connectivity index (χ0v) is 13.8. The highest BCUT2D eigenvalue weighted by Crippen LogP contribution is 2.15. The molecular formula is C18H19N3OS. The second-order valence-corrected chi connectivity index (χ2v) is 6.17. The first-order valence-electron chi connectivity index (χ1n) is 7.36. The van der Waals surface area contributed by atoms with E-state index >= 15 is 0 Å². The van der Waals surface area contributed by atoms with Crippen LogP contribution < -0.4 is 10.6 Å². The van der Waals surface area contributed by atoms with E-state index in [2.05, 4.69) is 16.7 Å². The molecule has 0 heterocycles. The van der Waals surface area contributed by atoms with Gasteiger partial charge in [0.05, 0.1) is 11.6 Å². The van der Waals surface area contributed by atoms with Gasteiger partial charge >= 0.3 is 6.03 Å². The Bertz CT molecular complexity index is 692. The Morgan fingerprint density at radius 2 is 1.91 bits per heavy atom. The molecule has 0 atom stereocenters. The minimum atomic E-state index is -0.202. The molecule has 2 aromatic rings. The normalized spacial score (nSPS) is 9.91. The SMILES string of the molecule is Cc1ccc(NC(=O)NCCSCc2ccccc2C#N)cc1. The van der Waals surface area contributed by atoms with Crippen LogP contribution in [-0.2, 0) is 5.75 Å². The molecule has 23 heavy (non-hydrogen) atoms. The van der Waals surface area contributed by atoms with Gasteiger partial charge in [-0.25, -0.2) is 4.79 Å². The Labute approximate surface area is 140 Å². The first-order chi connectivity index (χ1) is 11.2. The van der Waals surface area contributed by atoms with Gasteiger partial charge in [0.15, 0.2) is 0 Å². The second-order valence-electron chi connectivity index (χ2n) is 5.07. The van der Waals surface area contributed by atoms with E-state index in [-0.39, 0.29) is 6.03 Å². The van der Waals surface area contributed by atoms with Gasteiger partial charge < -0.3 is 10.6 Å². The Kier molecular flexibility index (Phi) is 6.52. The van der Waals surface area contributed by atoms with Gasteiger partial charge in [0.25, 0.3) is 0 Å². The monoisotopic (exact) mass is 325 g/mol. The van der Waals surface area contributed by atoms with E-state index in [4.69, 9.17) is 5.26 Å². The number of hydrogen-bond acceptors (Lipinski definition) is 3. The predicted molar refractivity (Wildman–Crippen MR) is 95.5 cm³/mol. The zero-order chi connectivity index (χ0) is 16.5. The van der Waals surface area contributed by atoms with Crippen molar-refractivity contribution in [2.75, 3.05) is 17.6 Å². The molecule has 0 saturated heterocycles. The van der Waals surface area contributed by atoms with E-state index in [1.807, 2.05) is 55.5 Å². The van der Waals surface area contributed by atoms with E-state index in [1.54, 1.807) is 11.8 Å². The highest BCUT2D eigenvalue weighted by Gasteiger charge is 2.02. The van der Waals surface area contributed by atoms with Crippen molar-refractivity contribution in [1.82, 2.24) is 5.32 Å². The average Bonchev–Trinajstić information content (AvgIpc) is 2.57. The smallest absolute Gasteiger partial charge is 0.319 e. The molecule has 0 unspecified atom stereocenters. The zero-order valence-electron chi connectivity index (χ0n) is 13.0. The molecule has 0 bridgehead atoms. The van der Waals surface area contributed by atoms with Crippen LogP contribution >= 0.6 is 11.8 Å². The topological polar surface area (TPSA) is 64.9 Å². The van der Waals surface area contributed by atoms with Gasteiger partial charge in [-0.15, -0.1) is 0 Å². The van der Waals surface area contributed by atoms with Gasteiger partial charge in [0, 0.05) is 23.7 Å². The van der Waals surface area contributed by atoms with Crippen LogP contribution in [0.25, 0.3) is 0 Å². The molecular weight excluding hydrogens is 306 g/mol. The first kappa shape index (κ1) is 16.9. The van der Waals surface area contributed by atoms with Crippen molar-refractivity contribution in [3.63, 3.8) is 0 Å². The maximum absolute atomic E-state index is 11.8. The molecule has 0 aliphatic heterocycles. The number of aryl methyl sites for hydroxylation is 1. The highest BCUT2D eigenvalue weighted by molar-refractivity contribution is 7.98. The number of nitrogens with zero attached hydrogens (tertiary/aromatic N) is 1. The van der Waals surface area contributed by atoms with Crippen LogP contribution in [0.15, 0.2) is 48.5 Å². The third-order valence-corrected chi connectivity index (χ3v) is 4.24. The van der Waals surface area contributed by atoms with E-state index < -0.39 is 0 Å².